The van der Waals surface area contributed by atoms with Gasteiger partial charge in [-0.15, -0.1) is 0 Å². The highest BCUT2D eigenvalue weighted by Crippen LogP contribution is 2.43. The summed E-state index contributed by atoms with van der Waals surface area (Å²) < 4.78 is 26.2. The number of carbonyl (C=O) groups excluding carboxylic acids is 2. The molecule has 1 saturated carbocycles. The van der Waals surface area contributed by atoms with Gasteiger partial charge in [0.1, 0.15) is 22.7 Å². The van der Waals surface area contributed by atoms with Gasteiger partial charge >= 0.3 is 0 Å². The lowest BCUT2D eigenvalue weighted by molar-refractivity contribution is -0.0664. The van der Waals surface area contributed by atoms with Gasteiger partial charge in [0.15, 0.2) is 5.82 Å². The molecule has 7 rings (SSSR count). The van der Waals surface area contributed by atoms with Crippen molar-refractivity contribution in [1.82, 2.24) is 20.6 Å². The second-order valence-corrected chi connectivity index (χ2v) is 12.7. The number of furan rings is 1. The first-order valence-electron chi connectivity index (χ1n) is 16.8. The molecular formula is C41H37FN4O4. The molecule has 0 saturated heterocycles. The van der Waals surface area contributed by atoms with Crippen LogP contribution in [0.1, 0.15) is 63.9 Å². The normalized spacial score (nSPS) is 16.9. The van der Waals surface area contributed by atoms with Crippen LogP contribution in [-0.4, -0.2) is 34.9 Å². The predicted octanol–water partition coefficient (Wildman–Crippen LogP) is 8.01. The van der Waals surface area contributed by atoms with Gasteiger partial charge in [0.25, 0.3) is 11.8 Å². The molecule has 1 aliphatic carbocycles. The Kier molecular flexibility index (Phi) is 9.23. The maximum absolute atomic E-state index is 14.0. The molecule has 2 heterocycles. The third-order valence-electron chi connectivity index (χ3n) is 9.26. The Morgan fingerprint density at radius 3 is 2.38 bits per heavy atom. The predicted molar refractivity (Wildman–Crippen MR) is 190 cm³/mol. The van der Waals surface area contributed by atoms with Crippen molar-refractivity contribution < 1.29 is 23.1 Å². The van der Waals surface area contributed by atoms with Crippen molar-refractivity contribution in [3.8, 4) is 22.5 Å². The number of aromatic nitrogens is 2. The van der Waals surface area contributed by atoms with Crippen LogP contribution in [0.15, 0.2) is 114 Å². The maximum atomic E-state index is 14.0. The lowest BCUT2D eigenvalue weighted by Gasteiger charge is -2.46. The van der Waals surface area contributed by atoms with Gasteiger partial charge in [-0.2, -0.15) is 0 Å². The van der Waals surface area contributed by atoms with Gasteiger partial charge in [0, 0.05) is 48.8 Å². The average molecular weight is 669 g/mol. The molecule has 1 fully saturated rings. The van der Waals surface area contributed by atoms with Gasteiger partial charge in [-0.3, -0.25) is 9.59 Å². The van der Waals surface area contributed by atoms with E-state index in [9.17, 15) is 14.0 Å². The van der Waals surface area contributed by atoms with Crippen molar-refractivity contribution in [2.24, 2.45) is 0 Å². The summed E-state index contributed by atoms with van der Waals surface area (Å²) in [6.07, 6.45) is 6.04. The lowest BCUT2D eigenvalue weighted by Crippen LogP contribution is -2.58. The van der Waals surface area contributed by atoms with E-state index in [1.54, 1.807) is 43.7 Å². The summed E-state index contributed by atoms with van der Waals surface area (Å²) in [5, 5.41) is 6.61. The zero-order valence-corrected chi connectivity index (χ0v) is 27.9. The third-order valence-corrected chi connectivity index (χ3v) is 9.26. The van der Waals surface area contributed by atoms with E-state index < -0.39 is 5.54 Å². The topological polar surface area (TPSA) is 106 Å². The largest absolute Gasteiger partial charge is 0.455 e. The summed E-state index contributed by atoms with van der Waals surface area (Å²) >= 11 is 0. The van der Waals surface area contributed by atoms with Crippen molar-refractivity contribution >= 4 is 22.8 Å². The quantitative estimate of drug-likeness (QED) is 0.145. The van der Waals surface area contributed by atoms with Crippen LogP contribution < -0.4 is 10.6 Å². The molecule has 2 aromatic heterocycles. The number of hydrogen-bond acceptors (Lipinski definition) is 6. The minimum Gasteiger partial charge on any atom is -0.455 e. The molecule has 4 aromatic carbocycles. The molecule has 0 spiro atoms. The molecule has 2 N–H and O–H groups in total. The van der Waals surface area contributed by atoms with Crippen LogP contribution in [0.4, 0.5) is 4.39 Å². The summed E-state index contributed by atoms with van der Waals surface area (Å²) in [7, 11) is 1.57. The van der Waals surface area contributed by atoms with Gasteiger partial charge in [-0.05, 0) is 83.3 Å². The Morgan fingerprint density at radius 1 is 0.900 bits per heavy atom. The zero-order chi connectivity index (χ0) is 34.7. The Hall–Kier alpha value is -5.67. The molecule has 8 nitrogen and oxygen atoms in total. The fourth-order valence-electron chi connectivity index (χ4n) is 6.71. The molecule has 0 aliphatic heterocycles. The molecule has 0 unspecified atom stereocenters. The first-order valence-corrected chi connectivity index (χ1v) is 16.8. The van der Waals surface area contributed by atoms with Crippen molar-refractivity contribution in [3.63, 3.8) is 0 Å². The molecule has 6 aromatic rings. The number of carbonyl (C=O) groups is 2. The zero-order valence-electron chi connectivity index (χ0n) is 27.9. The molecule has 0 bridgehead atoms. The Morgan fingerprint density at radius 2 is 1.66 bits per heavy atom. The summed E-state index contributed by atoms with van der Waals surface area (Å²) in [5.74, 6) is -0.0127. The van der Waals surface area contributed by atoms with E-state index in [0.29, 0.717) is 58.7 Å². The van der Waals surface area contributed by atoms with Gasteiger partial charge in [0.2, 0.25) is 0 Å². The summed E-state index contributed by atoms with van der Waals surface area (Å²) in [6, 6.07) is 29.1. The van der Waals surface area contributed by atoms with Crippen molar-refractivity contribution in [1.29, 1.82) is 0 Å². The lowest BCUT2D eigenvalue weighted by atomic mass is 9.73. The minimum absolute atomic E-state index is 0.0572. The summed E-state index contributed by atoms with van der Waals surface area (Å²) in [5.41, 5.74) is 5.08. The SMILES string of the molecule is CCCc1cc2oc(-c3ccc(F)cc3)c(C(=O)NC)c2cc1-c1cccc(C(=O)NC2(c3ncccn3)CC(OCc3ccccc3)C2)c1. The minimum atomic E-state index is -0.766. The number of nitrogens with one attached hydrogen (secondary N) is 2. The number of aryl methyl sites for hydroxylation is 1. The Labute approximate surface area is 289 Å². The third kappa shape index (κ3) is 6.52. The number of benzene rings is 4. The van der Waals surface area contributed by atoms with Gasteiger partial charge in [0.05, 0.1) is 18.3 Å². The van der Waals surface area contributed by atoms with Crippen LogP contribution in [0.5, 0.6) is 0 Å². The van der Waals surface area contributed by atoms with Crippen LogP contribution in [0.25, 0.3) is 33.4 Å². The fraction of sp³-hybridized carbons (Fsp3) is 0.220. The van der Waals surface area contributed by atoms with E-state index in [-0.39, 0.29) is 23.7 Å². The Bertz CT molecular complexity index is 2140. The smallest absolute Gasteiger partial charge is 0.255 e. The molecule has 252 valence electrons. The van der Waals surface area contributed by atoms with E-state index in [2.05, 4.69) is 27.5 Å². The van der Waals surface area contributed by atoms with Crippen LogP contribution in [0, 0.1) is 5.82 Å². The fourth-order valence-corrected chi connectivity index (χ4v) is 6.71. The first kappa shape index (κ1) is 32.9. The highest BCUT2D eigenvalue weighted by Gasteiger charge is 2.49. The molecule has 9 heteroatoms. The second kappa shape index (κ2) is 14.1. The van der Waals surface area contributed by atoms with Gasteiger partial charge in [-0.25, -0.2) is 14.4 Å². The highest BCUT2D eigenvalue weighted by atomic mass is 19.1. The molecule has 2 amide bonds. The van der Waals surface area contributed by atoms with E-state index in [1.807, 2.05) is 60.7 Å². The van der Waals surface area contributed by atoms with Crippen LogP contribution in [-0.2, 0) is 23.3 Å². The number of fused-ring (bicyclic) bond motifs is 1. The maximum Gasteiger partial charge on any atom is 0.255 e. The molecule has 0 atom stereocenters. The van der Waals surface area contributed by atoms with Crippen LogP contribution in [0.2, 0.25) is 0 Å². The second-order valence-electron chi connectivity index (χ2n) is 12.7. The van der Waals surface area contributed by atoms with Crippen molar-refractivity contribution in [2.45, 2.75) is 50.9 Å². The van der Waals surface area contributed by atoms with Gasteiger partial charge < -0.3 is 19.8 Å². The van der Waals surface area contributed by atoms with Gasteiger partial charge in [-0.1, -0.05) is 55.8 Å². The van der Waals surface area contributed by atoms with Crippen LogP contribution >= 0.6 is 0 Å². The highest BCUT2D eigenvalue weighted by molar-refractivity contribution is 6.12. The van der Waals surface area contributed by atoms with Crippen LogP contribution in [0.3, 0.4) is 0 Å². The number of rotatable bonds is 11. The summed E-state index contributed by atoms with van der Waals surface area (Å²) in [4.78, 5) is 36.3. The van der Waals surface area contributed by atoms with E-state index in [0.717, 1.165) is 35.1 Å². The standard InChI is InChI=1S/C41H37FN4O4/c1-3-9-28-21-35-34(36(39(48)43-2)37(50-35)27-14-16-31(42)17-15-27)22-33(28)29-12-7-13-30(20-29)38(47)46-41(40-44-18-8-19-45-40)23-32(24-41)49-25-26-10-5-4-6-11-26/h4-8,10-22,32H,3,9,23-25H2,1-2H3,(H,43,48)(H,46,47). The number of halogens is 1. The number of nitrogens with zero attached hydrogens (tertiary/aromatic N) is 2. The van der Waals surface area contributed by atoms with E-state index in [1.165, 1.54) is 12.1 Å². The molecular weight excluding hydrogens is 631 g/mol. The Balaban J connectivity index is 1.21. The number of hydrogen-bond donors (Lipinski definition) is 2. The average Bonchev–Trinajstić information content (AvgIpc) is 3.51. The van der Waals surface area contributed by atoms with Crippen molar-refractivity contribution in [3.05, 3.63) is 143 Å². The monoisotopic (exact) mass is 668 g/mol. The first-order chi connectivity index (χ1) is 24.4. The molecule has 0 radical (unpaired) electrons. The summed E-state index contributed by atoms with van der Waals surface area (Å²) in [6.45, 7) is 2.59. The number of ether oxygens (including phenoxy) is 1. The van der Waals surface area contributed by atoms with Crippen molar-refractivity contribution in [2.75, 3.05) is 7.05 Å². The van der Waals surface area contributed by atoms with E-state index in [4.69, 9.17) is 9.15 Å². The number of amides is 2. The molecule has 1 aliphatic rings. The van der Waals surface area contributed by atoms with E-state index >= 15 is 0 Å². The molecule has 50 heavy (non-hydrogen) atoms.